The maximum absolute atomic E-state index is 12.8. The highest BCUT2D eigenvalue weighted by atomic mass is 35.5. The van der Waals surface area contributed by atoms with E-state index in [9.17, 15) is 13.2 Å². The van der Waals surface area contributed by atoms with E-state index in [1.807, 2.05) is 6.92 Å². The Morgan fingerprint density at radius 3 is 2.43 bits per heavy atom. The number of aryl methyl sites for hydroxylation is 1. The third-order valence-corrected chi connectivity index (χ3v) is 7.39. The molecule has 1 N–H and O–H groups in total. The van der Waals surface area contributed by atoms with Gasteiger partial charge in [0.1, 0.15) is 0 Å². The van der Waals surface area contributed by atoms with Gasteiger partial charge in [0.2, 0.25) is 10.0 Å². The second-order valence-electron chi connectivity index (χ2n) is 6.95. The molecule has 150 valence electrons. The Hall–Kier alpha value is -1.60. The molecule has 0 saturated carbocycles. The number of nitrogens with one attached hydrogen (secondary N) is 1. The largest absolute Gasteiger partial charge is 0.345 e. The Labute approximate surface area is 175 Å². The number of amides is 1. The zero-order valence-corrected chi connectivity index (χ0v) is 18.0. The lowest BCUT2D eigenvalue weighted by Gasteiger charge is -2.19. The molecule has 1 fully saturated rings. The van der Waals surface area contributed by atoms with Crippen molar-refractivity contribution in [1.82, 2.24) is 9.62 Å². The minimum atomic E-state index is -3.59. The molecular weight excluding hydrogens is 419 g/mol. The van der Waals surface area contributed by atoms with Gasteiger partial charge in [0.25, 0.3) is 5.91 Å². The van der Waals surface area contributed by atoms with Crippen LogP contribution in [0.2, 0.25) is 10.0 Å². The van der Waals surface area contributed by atoms with Gasteiger partial charge in [-0.2, -0.15) is 4.31 Å². The minimum absolute atomic E-state index is 0.141. The molecule has 1 aliphatic rings. The van der Waals surface area contributed by atoms with Crippen LogP contribution in [-0.2, 0) is 10.0 Å². The molecular formula is C20H22Cl2N2O3S. The van der Waals surface area contributed by atoms with E-state index in [-0.39, 0.29) is 16.8 Å². The molecule has 0 radical (unpaired) electrons. The van der Waals surface area contributed by atoms with Crippen molar-refractivity contribution in [3.05, 3.63) is 63.1 Å². The molecule has 28 heavy (non-hydrogen) atoms. The summed E-state index contributed by atoms with van der Waals surface area (Å²) in [6.45, 7) is 4.63. The van der Waals surface area contributed by atoms with E-state index in [2.05, 4.69) is 5.32 Å². The third-order valence-electron chi connectivity index (χ3n) is 4.93. The summed E-state index contributed by atoms with van der Waals surface area (Å²) in [5.74, 6) is -0.352. The smallest absolute Gasteiger partial charge is 0.252 e. The second-order valence-corrected chi connectivity index (χ2v) is 9.73. The molecule has 1 amide bonds. The average Bonchev–Trinajstić information content (AvgIpc) is 3.17. The number of sulfonamides is 1. The van der Waals surface area contributed by atoms with Gasteiger partial charge in [-0.15, -0.1) is 0 Å². The number of carbonyl (C=O) groups excluding carboxylic acids is 1. The van der Waals surface area contributed by atoms with Gasteiger partial charge in [-0.25, -0.2) is 8.42 Å². The van der Waals surface area contributed by atoms with E-state index < -0.39 is 10.0 Å². The standard InChI is InChI=1S/C20H22Cl2N2O3S/c1-13-5-7-16(28(26,27)24-9-3-4-10-24)12-18(13)20(25)23-14(2)17-8-6-15(21)11-19(17)22/h5-8,11-12,14H,3-4,9-10H2,1-2H3,(H,23,25). The highest BCUT2D eigenvalue weighted by molar-refractivity contribution is 7.89. The fourth-order valence-corrected chi connectivity index (χ4v) is 5.40. The molecule has 0 spiro atoms. The first-order valence-electron chi connectivity index (χ1n) is 9.07. The van der Waals surface area contributed by atoms with Crippen molar-refractivity contribution < 1.29 is 13.2 Å². The Balaban J connectivity index is 1.85. The van der Waals surface area contributed by atoms with Gasteiger partial charge in [-0.3, -0.25) is 4.79 Å². The number of benzene rings is 2. The van der Waals surface area contributed by atoms with E-state index in [1.54, 1.807) is 37.3 Å². The van der Waals surface area contributed by atoms with Gasteiger partial charge in [-0.05, 0) is 62.1 Å². The third kappa shape index (κ3) is 4.35. The zero-order valence-electron chi connectivity index (χ0n) is 15.7. The first-order chi connectivity index (χ1) is 13.2. The van der Waals surface area contributed by atoms with Crippen molar-refractivity contribution in [1.29, 1.82) is 0 Å². The Morgan fingerprint density at radius 2 is 1.79 bits per heavy atom. The van der Waals surface area contributed by atoms with Crippen LogP contribution in [-0.4, -0.2) is 31.7 Å². The fourth-order valence-electron chi connectivity index (χ4n) is 3.29. The number of halogens is 2. The van der Waals surface area contributed by atoms with Crippen LogP contribution in [0.15, 0.2) is 41.3 Å². The van der Waals surface area contributed by atoms with E-state index in [0.717, 1.165) is 18.4 Å². The summed E-state index contributed by atoms with van der Waals surface area (Å²) in [7, 11) is -3.59. The quantitative estimate of drug-likeness (QED) is 0.739. The first-order valence-corrected chi connectivity index (χ1v) is 11.3. The Bertz CT molecular complexity index is 1000. The molecule has 1 aliphatic heterocycles. The van der Waals surface area contributed by atoms with E-state index in [0.29, 0.717) is 34.3 Å². The maximum atomic E-state index is 12.8. The second kappa shape index (κ2) is 8.41. The van der Waals surface area contributed by atoms with Crippen LogP contribution in [0.5, 0.6) is 0 Å². The molecule has 0 bridgehead atoms. The molecule has 1 heterocycles. The van der Waals surface area contributed by atoms with Gasteiger partial charge >= 0.3 is 0 Å². The molecule has 1 saturated heterocycles. The first kappa shape index (κ1) is 21.1. The number of carbonyl (C=O) groups is 1. The van der Waals surface area contributed by atoms with Crippen molar-refractivity contribution in [3.8, 4) is 0 Å². The summed E-state index contributed by atoms with van der Waals surface area (Å²) < 4.78 is 27.1. The van der Waals surface area contributed by atoms with Gasteiger partial charge in [0.15, 0.2) is 0 Å². The summed E-state index contributed by atoms with van der Waals surface area (Å²) in [5.41, 5.74) is 1.77. The van der Waals surface area contributed by atoms with Crippen LogP contribution < -0.4 is 5.32 Å². The van der Waals surface area contributed by atoms with Crippen LogP contribution in [0.1, 0.15) is 47.3 Å². The van der Waals surface area contributed by atoms with Crippen LogP contribution in [0.3, 0.4) is 0 Å². The summed E-state index contributed by atoms with van der Waals surface area (Å²) in [6, 6.07) is 9.40. The number of hydrogen-bond donors (Lipinski definition) is 1. The fraction of sp³-hybridized carbons (Fsp3) is 0.350. The molecule has 0 aromatic heterocycles. The predicted molar refractivity (Wildman–Crippen MR) is 112 cm³/mol. The highest BCUT2D eigenvalue weighted by Gasteiger charge is 2.28. The van der Waals surface area contributed by atoms with Crippen LogP contribution >= 0.6 is 23.2 Å². The molecule has 8 heteroatoms. The SMILES string of the molecule is Cc1ccc(S(=O)(=O)N2CCCC2)cc1C(=O)NC(C)c1ccc(Cl)cc1Cl. The molecule has 3 rings (SSSR count). The van der Waals surface area contributed by atoms with Gasteiger partial charge in [0.05, 0.1) is 10.9 Å². The molecule has 1 unspecified atom stereocenters. The van der Waals surface area contributed by atoms with E-state index in [1.165, 1.54) is 10.4 Å². The molecule has 2 aromatic rings. The van der Waals surface area contributed by atoms with Crippen molar-refractivity contribution in [2.24, 2.45) is 0 Å². The lowest BCUT2D eigenvalue weighted by Crippen LogP contribution is -2.30. The summed E-state index contributed by atoms with van der Waals surface area (Å²) in [5, 5.41) is 3.86. The van der Waals surface area contributed by atoms with Crippen LogP contribution in [0, 0.1) is 6.92 Å². The van der Waals surface area contributed by atoms with Crippen LogP contribution in [0.4, 0.5) is 0 Å². The topological polar surface area (TPSA) is 66.5 Å². The van der Waals surface area contributed by atoms with Crippen molar-refractivity contribution >= 4 is 39.1 Å². The normalized spacial score (nSPS) is 16.1. The van der Waals surface area contributed by atoms with Crippen molar-refractivity contribution in [2.75, 3.05) is 13.1 Å². The predicted octanol–water partition coefficient (Wildman–Crippen LogP) is 4.58. The number of rotatable bonds is 5. The monoisotopic (exact) mass is 440 g/mol. The van der Waals surface area contributed by atoms with Gasteiger partial charge in [-0.1, -0.05) is 35.3 Å². The van der Waals surface area contributed by atoms with Crippen LogP contribution in [0.25, 0.3) is 0 Å². The van der Waals surface area contributed by atoms with E-state index in [4.69, 9.17) is 23.2 Å². The molecule has 5 nitrogen and oxygen atoms in total. The van der Waals surface area contributed by atoms with Gasteiger partial charge in [0, 0.05) is 28.7 Å². The molecule has 0 aliphatic carbocycles. The Kier molecular flexibility index (Phi) is 6.34. The lowest BCUT2D eigenvalue weighted by molar-refractivity contribution is 0.0939. The zero-order chi connectivity index (χ0) is 20.5. The molecule has 1 atom stereocenters. The summed E-state index contributed by atoms with van der Waals surface area (Å²) in [6.07, 6.45) is 1.72. The Morgan fingerprint density at radius 1 is 1.11 bits per heavy atom. The van der Waals surface area contributed by atoms with Gasteiger partial charge < -0.3 is 5.32 Å². The minimum Gasteiger partial charge on any atom is -0.345 e. The van der Waals surface area contributed by atoms with Crippen molar-refractivity contribution in [2.45, 2.75) is 37.6 Å². The summed E-state index contributed by atoms with van der Waals surface area (Å²) >= 11 is 12.1. The number of nitrogens with zero attached hydrogens (tertiary/aromatic N) is 1. The van der Waals surface area contributed by atoms with Crippen molar-refractivity contribution in [3.63, 3.8) is 0 Å². The average molecular weight is 441 g/mol. The highest BCUT2D eigenvalue weighted by Crippen LogP contribution is 2.27. The van der Waals surface area contributed by atoms with E-state index >= 15 is 0 Å². The number of hydrogen-bond acceptors (Lipinski definition) is 3. The molecule has 2 aromatic carbocycles. The lowest BCUT2D eigenvalue weighted by atomic mass is 10.1. The summed E-state index contributed by atoms with van der Waals surface area (Å²) in [4.78, 5) is 13.0. The maximum Gasteiger partial charge on any atom is 0.252 e.